The number of carbonyl (C=O) groups excluding carboxylic acids is 4. The van der Waals surface area contributed by atoms with Gasteiger partial charge in [-0.15, -0.1) is 0 Å². The zero-order valence-electron chi connectivity index (χ0n) is 17.9. The van der Waals surface area contributed by atoms with Crippen molar-refractivity contribution >= 4 is 23.7 Å². The van der Waals surface area contributed by atoms with Gasteiger partial charge >= 0.3 is 5.97 Å². The van der Waals surface area contributed by atoms with Crippen LogP contribution in [0, 0.1) is 12.8 Å². The summed E-state index contributed by atoms with van der Waals surface area (Å²) in [5.41, 5.74) is 8.56. The van der Waals surface area contributed by atoms with Crippen LogP contribution in [-0.2, 0) is 30.5 Å². The van der Waals surface area contributed by atoms with Crippen LogP contribution < -0.4 is 16.4 Å². The summed E-state index contributed by atoms with van der Waals surface area (Å²) in [7, 11) is 0. The normalized spacial score (nSPS) is 23.4. The van der Waals surface area contributed by atoms with Crippen molar-refractivity contribution in [3.05, 3.63) is 47.0 Å². The lowest BCUT2D eigenvalue weighted by atomic mass is 10.0. The molecule has 2 aliphatic heterocycles. The van der Waals surface area contributed by atoms with E-state index < -0.39 is 41.9 Å². The van der Waals surface area contributed by atoms with Crippen LogP contribution in [0.5, 0.6) is 0 Å². The van der Waals surface area contributed by atoms with Crippen LogP contribution in [0.25, 0.3) is 0 Å². The summed E-state index contributed by atoms with van der Waals surface area (Å²) in [6, 6.07) is 7.11. The first-order valence-electron chi connectivity index (χ1n) is 10.4. The number of primary amides is 1. The van der Waals surface area contributed by atoms with Gasteiger partial charge in [-0.3, -0.25) is 19.2 Å². The van der Waals surface area contributed by atoms with Crippen molar-refractivity contribution in [2.45, 2.75) is 38.6 Å². The van der Waals surface area contributed by atoms with Gasteiger partial charge in [-0.2, -0.15) is 0 Å². The zero-order chi connectivity index (χ0) is 23.3. The van der Waals surface area contributed by atoms with Crippen molar-refractivity contribution in [3.8, 4) is 0 Å². The highest BCUT2D eigenvalue weighted by Gasteiger charge is 2.36. The minimum absolute atomic E-state index is 0.152. The molecule has 3 rings (SSSR count). The molecular weight excluding hydrogens is 416 g/mol. The maximum absolute atomic E-state index is 12.8. The summed E-state index contributed by atoms with van der Waals surface area (Å²) in [5.74, 6) is -3.53. The number of nitrogens with zero attached hydrogens (tertiary/aromatic N) is 1. The van der Waals surface area contributed by atoms with Crippen molar-refractivity contribution < 1.29 is 29.0 Å². The smallest absolute Gasteiger partial charge is 0.310 e. The Morgan fingerprint density at radius 3 is 2.66 bits per heavy atom. The van der Waals surface area contributed by atoms with Crippen LogP contribution >= 0.6 is 0 Å². The van der Waals surface area contributed by atoms with E-state index in [1.54, 1.807) is 0 Å². The van der Waals surface area contributed by atoms with Crippen molar-refractivity contribution in [2.75, 3.05) is 19.6 Å². The fourth-order valence-electron chi connectivity index (χ4n) is 3.75. The third-order valence-electron chi connectivity index (χ3n) is 5.58. The maximum Gasteiger partial charge on any atom is 0.310 e. The Kier molecular flexibility index (Phi) is 7.60. The first-order chi connectivity index (χ1) is 15.2. The molecular formula is C22H28N4O6. The molecule has 0 aromatic heterocycles. The van der Waals surface area contributed by atoms with E-state index in [-0.39, 0.29) is 25.9 Å². The van der Waals surface area contributed by atoms with Gasteiger partial charge < -0.3 is 31.1 Å². The number of nitrogens with two attached hydrogens (primary N) is 1. The fraction of sp³-hybridized carbons (Fsp3) is 0.455. The highest BCUT2D eigenvalue weighted by atomic mass is 16.6. The minimum atomic E-state index is -1.43. The number of aryl methyl sites for hydroxylation is 1. The van der Waals surface area contributed by atoms with E-state index in [2.05, 4.69) is 15.4 Å². The first kappa shape index (κ1) is 23.4. The molecule has 3 atom stereocenters. The van der Waals surface area contributed by atoms with Gasteiger partial charge in [0.15, 0.2) is 0 Å². The SMILES string of the molecule is Cc1ccccc1CNCC1=CCC(C(N)=O)C(=O)N(CC(=O)NC2CC(=O)OC2O)C1. The van der Waals surface area contributed by atoms with Crippen molar-refractivity contribution in [3.63, 3.8) is 0 Å². The number of cyclic esters (lactones) is 1. The molecule has 2 heterocycles. The molecule has 10 heteroatoms. The predicted molar refractivity (Wildman–Crippen MR) is 113 cm³/mol. The van der Waals surface area contributed by atoms with Gasteiger partial charge in [-0.05, 0) is 30.0 Å². The molecule has 1 fully saturated rings. The molecule has 172 valence electrons. The minimum Gasteiger partial charge on any atom is -0.434 e. The summed E-state index contributed by atoms with van der Waals surface area (Å²) in [6.45, 7) is 2.94. The number of benzene rings is 1. The highest BCUT2D eigenvalue weighted by Crippen LogP contribution is 2.18. The topological polar surface area (TPSA) is 151 Å². The predicted octanol–water partition coefficient (Wildman–Crippen LogP) is -0.905. The Morgan fingerprint density at radius 1 is 1.25 bits per heavy atom. The molecule has 5 N–H and O–H groups in total. The molecule has 3 amide bonds. The third-order valence-corrected chi connectivity index (χ3v) is 5.58. The van der Waals surface area contributed by atoms with Gasteiger partial charge in [-0.1, -0.05) is 30.3 Å². The molecule has 0 radical (unpaired) electrons. The molecule has 10 nitrogen and oxygen atoms in total. The number of carbonyl (C=O) groups is 4. The second kappa shape index (κ2) is 10.4. The lowest BCUT2D eigenvalue weighted by molar-refractivity contribution is -0.155. The monoisotopic (exact) mass is 444 g/mol. The fourth-order valence-corrected chi connectivity index (χ4v) is 3.75. The number of aliphatic hydroxyl groups is 1. The van der Waals surface area contributed by atoms with Gasteiger partial charge in [0.1, 0.15) is 12.0 Å². The second-order valence-corrected chi connectivity index (χ2v) is 8.04. The van der Waals surface area contributed by atoms with E-state index in [1.165, 1.54) is 4.90 Å². The Balaban J connectivity index is 1.63. The summed E-state index contributed by atoms with van der Waals surface area (Å²) in [4.78, 5) is 49.6. The van der Waals surface area contributed by atoms with Gasteiger partial charge in [0, 0.05) is 19.6 Å². The quantitative estimate of drug-likeness (QED) is 0.230. The van der Waals surface area contributed by atoms with E-state index >= 15 is 0 Å². The molecule has 0 aliphatic carbocycles. The van der Waals surface area contributed by atoms with Gasteiger partial charge in [0.2, 0.25) is 24.0 Å². The molecule has 0 bridgehead atoms. The van der Waals surface area contributed by atoms with Crippen LogP contribution in [0.1, 0.15) is 24.0 Å². The van der Waals surface area contributed by atoms with E-state index in [1.807, 2.05) is 37.3 Å². The van der Waals surface area contributed by atoms with Gasteiger partial charge in [-0.25, -0.2) is 0 Å². The second-order valence-electron chi connectivity index (χ2n) is 8.04. The average molecular weight is 444 g/mol. The number of rotatable bonds is 8. The lowest BCUT2D eigenvalue weighted by Gasteiger charge is -2.25. The molecule has 1 aromatic rings. The zero-order valence-corrected chi connectivity index (χ0v) is 17.9. The van der Waals surface area contributed by atoms with Gasteiger partial charge in [0.25, 0.3) is 0 Å². The lowest BCUT2D eigenvalue weighted by Crippen LogP contribution is -2.49. The molecule has 1 aromatic carbocycles. The van der Waals surface area contributed by atoms with Crippen LogP contribution in [-0.4, -0.2) is 65.7 Å². The summed E-state index contributed by atoms with van der Waals surface area (Å²) < 4.78 is 4.60. The van der Waals surface area contributed by atoms with Crippen LogP contribution in [0.3, 0.4) is 0 Å². The number of amides is 3. The molecule has 2 aliphatic rings. The van der Waals surface area contributed by atoms with Crippen molar-refractivity contribution in [1.29, 1.82) is 0 Å². The Hall–Kier alpha value is -3.24. The number of aliphatic hydroxyl groups excluding tert-OH is 1. The molecule has 0 spiro atoms. The first-order valence-corrected chi connectivity index (χ1v) is 10.4. The highest BCUT2D eigenvalue weighted by molar-refractivity contribution is 6.01. The number of hydrogen-bond donors (Lipinski definition) is 4. The van der Waals surface area contributed by atoms with E-state index in [4.69, 9.17) is 5.73 Å². The summed E-state index contributed by atoms with van der Waals surface area (Å²) in [5, 5.41) is 15.5. The van der Waals surface area contributed by atoms with Gasteiger partial charge in [0.05, 0.1) is 13.0 Å². The number of ether oxygens (including phenoxy) is 1. The van der Waals surface area contributed by atoms with Crippen molar-refractivity contribution in [2.24, 2.45) is 11.7 Å². The molecule has 1 saturated heterocycles. The van der Waals surface area contributed by atoms with E-state index in [0.29, 0.717) is 13.1 Å². The Labute approximate surface area is 185 Å². The van der Waals surface area contributed by atoms with Crippen LogP contribution in [0.4, 0.5) is 0 Å². The van der Waals surface area contributed by atoms with Crippen molar-refractivity contribution in [1.82, 2.24) is 15.5 Å². The maximum atomic E-state index is 12.8. The molecule has 0 saturated carbocycles. The largest absolute Gasteiger partial charge is 0.434 e. The molecule has 32 heavy (non-hydrogen) atoms. The van der Waals surface area contributed by atoms with E-state index in [9.17, 15) is 24.3 Å². The number of allylic oxidation sites excluding steroid dienone is 1. The third kappa shape index (κ3) is 5.92. The van der Waals surface area contributed by atoms with Crippen LogP contribution in [0.2, 0.25) is 0 Å². The molecule has 3 unspecified atom stereocenters. The number of hydrogen-bond acceptors (Lipinski definition) is 7. The average Bonchev–Trinajstić information content (AvgIpc) is 2.95. The standard InChI is InChI=1S/C22H28N4O6/c1-13-4-2-3-5-15(13)10-24-9-14-6-7-16(20(23)29)21(30)26(11-14)12-18(27)25-17-8-19(28)32-22(17)31/h2-6,16-17,22,24,31H,7-12H2,1H3,(H2,23,29)(H,25,27). The van der Waals surface area contributed by atoms with Crippen LogP contribution in [0.15, 0.2) is 35.9 Å². The Bertz CT molecular complexity index is 931. The number of nitrogens with one attached hydrogen (secondary N) is 2. The number of esters is 1. The Morgan fingerprint density at radius 2 is 2.00 bits per heavy atom. The summed E-state index contributed by atoms with van der Waals surface area (Å²) >= 11 is 0. The summed E-state index contributed by atoms with van der Waals surface area (Å²) in [6.07, 6.45) is 0.394. The van der Waals surface area contributed by atoms with E-state index in [0.717, 1.165) is 16.7 Å².